The van der Waals surface area contributed by atoms with E-state index < -0.39 is 0 Å². The number of hydrogen-bond donors (Lipinski definition) is 2. The van der Waals surface area contributed by atoms with Crippen LogP contribution in [0.1, 0.15) is 44.7 Å². The molecule has 0 spiro atoms. The van der Waals surface area contributed by atoms with E-state index in [0.717, 1.165) is 15.4 Å². The molecule has 24 heavy (non-hydrogen) atoms. The van der Waals surface area contributed by atoms with Crippen LogP contribution in [0, 0.1) is 6.92 Å². The molecule has 1 aliphatic rings. The summed E-state index contributed by atoms with van der Waals surface area (Å²) in [7, 11) is 0. The highest BCUT2D eigenvalue weighted by Gasteiger charge is 2.27. The lowest BCUT2D eigenvalue weighted by molar-refractivity contribution is 0.0951. The van der Waals surface area contributed by atoms with E-state index in [1.54, 1.807) is 24.3 Å². The van der Waals surface area contributed by atoms with Crippen molar-refractivity contribution in [2.45, 2.75) is 32.2 Å². The summed E-state index contributed by atoms with van der Waals surface area (Å²) in [5.41, 5.74) is 1.25. The number of nitrogens with one attached hydrogen (secondary N) is 2. The molecule has 1 aliphatic carbocycles. The Labute approximate surface area is 141 Å². The van der Waals surface area contributed by atoms with E-state index in [0.29, 0.717) is 29.1 Å². The van der Waals surface area contributed by atoms with Crippen molar-refractivity contribution in [3.8, 4) is 0 Å². The van der Waals surface area contributed by atoms with Gasteiger partial charge in [-0.05, 0) is 25.8 Å². The summed E-state index contributed by atoms with van der Waals surface area (Å²) in [6.45, 7) is 1.99. The van der Waals surface area contributed by atoms with E-state index in [9.17, 15) is 9.59 Å². The number of amides is 1. The van der Waals surface area contributed by atoms with Crippen molar-refractivity contribution in [2.75, 3.05) is 0 Å². The molecule has 2 heterocycles. The number of H-pyrrole nitrogens is 1. The summed E-state index contributed by atoms with van der Waals surface area (Å²) < 4.78 is 0. The Kier molecular flexibility index (Phi) is 3.65. The zero-order chi connectivity index (χ0) is 16.7. The SMILES string of the molecule is Cc1c(C(=O)NCc2nnc(C3CC3)s2)c2ccccc2[nH]c1=O. The van der Waals surface area contributed by atoms with Crippen LogP contribution >= 0.6 is 11.3 Å². The van der Waals surface area contributed by atoms with Gasteiger partial charge in [0.05, 0.1) is 12.1 Å². The standard InChI is InChI=1S/C17H16N4O2S/c1-9-14(11-4-2-3-5-12(11)19-15(9)22)16(23)18-8-13-20-21-17(24-13)10-6-7-10/h2-5,10H,6-8H2,1H3,(H,18,23)(H,19,22). The minimum Gasteiger partial charge on any atom is -0.345 e. The molecule has 0 saturated heterocycles. The van der Waals surface area contributed by atoms with Crippen molar-refractivity contribution in [3.05, 3.63) is 55.8 Å². The number of carbonyl (C=O) groups is 1. The predicted octanol–water partition coefficient (Wildman–Crippen LogP) is 2.50. The number of pyridine rings is 1. The third kappa shape index (κ3) is 2.71. The summed E-state index contributed by atoms with van der Waals surface area (Å²) >= 11 is 1.55. The molecular formula is C17H16N4O2S. The number of hydrogen-bond acceptors (Lipinski definition) is 5. The Hall–Kier alpha value is -2.54. The van der Waals surface area contributed by atoms with Crippen LogP contribution in [0.5, 0.6) is 0 Å². The third-order valence-electron chi connectivity index (χ3n) is 4.20. The molecule has 1 saturated carbocycles. The van der Waals surface area contributed by atoms with Crippen LogP contribution in [-0.4, -0.2) is 21.1 Å². The first-order chi connectivity index (χ1) is 11.6. The second-order valence-corrected chi connectivity index (χ2v) is 7.08. The lowest BCUT2D eigenvalue weighted by atomic mass is 10.0. The highest BCUT2D eigenvalue weighted by molar-refractivity contribution is 7.11. The number of para-hydroxylation sites is 1. The second kappa shape index (κ2) is 5.83. The van der Waals surface area contributed by atoms with Crippen LogP contribution in [0.25, 0.3) is 10.9 Å². The number of rotatable bonds is 4. The van der Waals surface area contributed by atoms with Crippen LogP contribution < -0.4 is 10.9 Å². The van der Waals surface area contributed by atoms with Crippen molar-refractivity contribution in [1.29, 1.82) is 0 Å². The molecule has 0 bridgehead atoms. The molecule has 2 N–H and O–H groups in total. The lowest BCUT2D eigenvalue weighted by Crippen LogP contribution is -2.27. The molecule has 0 aliphatic heterocycles. The minimum atomic E-state index is -0.266. The average molecular weight is 340 g/mol. The number of aromatic nitrogens is 3. The molecular weight excluding hydrogens is 324 g/mol. The van der Waals surface area contributed by atoms with Gasteiger partial charge in [-0.1, -0.05) is 29.5 Å². The van der Waals surface area contributed by atoms with Crippen molar-refractivity contribution in [2.24, 2.45) is 0 Å². The molecule has 0 unspecified atom stereocenters. The van der Waals surface area contributed by atoms with Gasteiger partial charge in [0.25, 0.3) is 11.5 Å². The second-order valence-electron chi connectivity index (χ2n) is 5.99. The highest BCUT2D eigenvalue weighted by Crippen LogP contribution is 2.41. The van der Waals surface area contributed by atoms with Crippen molar-refractivity contribution in [1.82, 2.24) is 20.5 Å². The monoisotopic (exact) mass is 340 g/mol. The minimum absolute atomic E-state index is 0.245. The number of nitrogens with zero attached hydrogens (tertiary/aromatic N) is 2. The highest BCUT2D eigenvalue weighted by atomic mass is 32.1. The quantitative estimate of drug-likeness (QED) is 0.764. The van der Waals surface area contributed by atoms with Gasteiger partial charge in [0.2, 0.25) is 0 Å². The van der Waals surface area contributed by atoms with Gasteiger partial charge in [0, 0.05) is 22.4 Å². The molecule has 122 valence electrons. The van der Waals surface area contributed by atoms with E-state index in [2.05, 4.69) is 20.5 Å². The van der Waals surface area contributed by atoms with Gasteiger partial charge in [-0.2, -0.15) is 0 Å². The van der Waals surface area contributed by atoms with Gasteiger partial charge in [-0.15, -0.1) is 10.2 Å². The van der Waals surface area contributed by atoms with Crippen LogP contribution in [0.4, 0.5) is 0 Å². The summed E-state index contributed by atoms with van der Waals surface area (Å²) in [6.07, 6.45) is 2.36. The Balaban J connectivity index is 1.60. The summed E-state index contributed by atoms with van der Waals surface area (Å²) in [6, 6.07) is 7.31. The first-order valence-electron chi connectivity index (χ1n) is 7.85. The Morgan fingerprint density at radius 3 is 2.92 bits per heavy atom. The van der Waals surface area contributed by atoms with Gasteiger partial charge < -0.3 is 10.3 Å². The largest absolute Gasteiger partial charge is 0.345 e. The van der Waals surface area contributed by atoms with E-state index in [1.165, 1.54) is 12.8 Å². The molecule has 0 radical (unpaired) electrons. The zero-order valence-electron chi connectivity index (χ0n) is 13.1. The number of benzene rings is 1. The molecule has 3 aromatic rings. The van der Waals surface area contributed by atoms with Gasteiger partial charge >= 0.3 is 0 Å². The van der Waals surface area contributed by atoms with Gasteiger partial charge in [-0.3, -0.25) is 9.59 Å². The molecule has 6 nitrogen and oxygen atoms in total. The number of carbonyl (C=O) groups excluding carboxylic acids is 1. The fourth-order valence-corrected chi connectivity index (χ4v) is 3.66. The molecule has 1 fully saturated rings. The van der Waals surface area contributed by atoms with Gasteiger partial charge in [-0.25, -0.2) is 0 Å². The van der Waals surface area contributed by atoms with Crippen molar-refractivity contribution >= 4 is 28.1 Å². The first-order valence-corrected chi connectivity index (χ1v) is 8.67. The maximum atomic E-state index is 12.7. The first kappa shape index (κ1) is 15.0. The fraction of sp³-hybridized carbons (Fsp3) is 0.294. The van der Waals surface area contributed by atoms with Crippen molar-refractivity contribution in [3.63, 3.8) is 0 Å². The fourth-order valence-electron chi connectivity index (χ4n) is 2.71. The topological polar surface area (TPSA) is 87.7 Å². The summed E-state index contributed by atoms with van der Waals surface area (Å²) in [5, 5.41) is 13.7. The lowest BCUT2D eigenvalue weighted by Gasteiger charge is -2.09. The summed E-state index contributed by atoms with van der Waals surface area (Å²) in [4.78, 5) is 27.5. The molecule has 1 aromatic carbocycles. The maximum Gasteiger partial charge on any atom is 0.252 e. The van der Waals surface area contributed by atoms with Crippen LogP contribution in [0.3, 0.4) is 0 Å². The molecule has 2 aromatic heterocycles. The van der Waals surface area contributed by atoms with E-state index >= 15 is 0 Å². The van der Waals surface area contributed by atoms with Crippen molar-refractivity contribution < 1.29 is 4.79 Å². The number of fused-ring (bicyclic) bond motifs is 1. The normalized spacial score (nSPS) is 14.0. The van der Waals surface area contributed by atoms with Crippen LogP contribution in [0.15, 0.2) is 29.1 Å². The average Bonchev–Trinajstić information content (AvgIpc) is 3.32. The Morgan fingerprint density at radius 2 is 2.12 bits per heavy atom. The van der Waals surface area contributed by atoms with Crippen LogP contribution in [0.2, 0.25) is 0 Å². The Bertz CT molecular complexity index is 988. The molecule has 7 heteroatoms. The molecule has 4 rings (SSSR count). The Morgan fingerprint density at radius 1 is 1.33 bits per heavy atom. The molecule has 1 amide bonds. The molecule has 0 atom stereocenters. The number of aromatic amines is 1. The van der Waals surface area contributed by atoms with Gasteiger partial charge in [0.15, 0.2) is 0 Å². The summed E-state index contributed by atoms with van der Waals surface area (Å²) in [5.74, 6) is 0.295. The van der Waals surface area contributed by atoms with E-state index in [4.69, 9.17) is 0 Å². The third-order valence-corrected chi connectivity index (χ3v) is 5.28. The van der Waals surface area contributed by atoms with Crippen LogP contribution in [-0.2, 0) is 6.54 Å². The zero-order valence-corrected chi connectivity index (χ0v) is 13.9. The van der Waals surface area contributed by atoms with E-state index in [-0.39, 0.29) is 11.5 Å². The van der Waals surface area contributed by atoms with Gasteiger partial charge in [0.1, 0.15) is 10.0 Å². The maximum absolute atomic E-state index is 12.7. The van der Waals surface area contributed by atoms with E-state index in [1.807, 2.05) is 18.2 Å². The smallest absolute Gasteiger partial charge is 0.252 e. The predicted molar refractivity (Wildman–Crippen MR) is 92.4 cm³/mol.